The number of carboxylic acids is 2. The molecule has 0 bridgehead atoms. The Morgan fingerprint density at radius 1 is 1.12 bits per heavy atom. The number of carboxylic acid groups (broad SMARTS) is 2. The first-order valence-corrected chi connectivity index (χ1v) is 4.95. The van der Waals surface area contributed by atoms with Crippen molar-refractivity contribution in [1.29, 1.82) is 0 Å². The van der Waals surface area contributed by atoms with Crippen LogP contribution in [-0.4, -0.2) is 39.6 Å². The summed E-state index contributed by atoms with van der Waals surface area (Å²) in [4.78, 5) is 44.5. The van der Waals surface area contributed by atoms with E-state index < -0.39 is 41.3 Å². The number of carbonyl (C=O) groups is 4. The molecule has 0 aromatic heterocycles. The summed E-state index contributed by atoms with van der Waals surface area (Å²) in [5, 5.41) is 22.2. The number of carbonyl (C=O) groups excluding carboxylic acids is 2. The van der Waals surface area contributed by atoms with Gasteiger partial charge in [-0.25, -0.2) is 4.79 Å². The summed E-state index contributed by atoms with van der Waals surface area (Å²) in [6.45, 7) is 0. The fourth-order valence-corrected chi connectivity index (χ4v) is 2.45. The zero-order chi connectivity index (χ0) is 12.8. The maximum atomic E-state index is 11.6. The largest absolute Gasteiger partial charge is 0.481 e. The van der Waals surface area contributed by atoms with Gasteiger partial charge < -0.3 is 15.5 Å². The van der Waals surface area contributed by atoms with E-state index in [1.807, 2.05) is 5.32 Å². The third kappa shape index (κ3) is 1.61. The summed E-state index contributed by atoms with van der Waals surface area (Å²) in [6, 6.07) is -0.717. The van der Waals surface area contributed by atoms with Crippen LogP contribution in [0, 0.1) is 11.8 Å². The van der Waals surface area contributed by atoms with Crippen molar-refractivity contribution < 1.29 is 29.4 Å². The molecule has 8 heteroatoms. The van der Waals surface area contributed by atoms with E-state index in [2.05, 4.69) is 5.32 Å². The lowest BCUT2D eigenvalue weighted by molar-refractivity contribution is -0.152. The van der Waals surface area contributed by atoms with E-state index in [0.29, 0.717) is 0 Å². The monoisotopic (exact) mass is 242 g/mol. The zero-order valence-corrected chi connectivity index (χ0v) is 8.60. The Balaban J connectivity index is 2.31. The normalized spacial score (nSPS) is 30.1. The molecular weight excluding hydrogens is 232 g/mol. The average molecular weight is 242 g/mol. The van der Waals surface area contributed by atoms with Crippen LogP contribution in [0.25, 0.3) is 0 Å². The number of imide groups is 1. The van der Waals surface area contributed by atoms with Crippen molar-refractivity contribution in [2.75, 3.05) is 0 Å². The van der Waals surface area contributed by atoms with Crippen molar-refractivity contribution in [3.05, 3.63) is 0 Å². The smallest absolute Gasteiger partial charge is 0.322 e. The fourth-order valence-electron chi connectivity index (χ4n) is 2.45. The van der Waals surface area contributed by atoms with Crippen LogP contribution in [0.15, 0.2) is 0 Å². The first-order valence-electron chi connectivity index (χ1n) is 4.95. The number of nitrogens with one attached hydrogen (secondary N) is 2. The predicted octanol–water partition coefficient (Wildman–Crippen LogP) is -1.24. The van der Waals surface area contributed by atoms with Crippen molar-refractivity contribution >= 4 is 23.9 Å². The average Bonchev–Trinajstić information content (AvgIpc) is 2.70. The number of hydrogen-bond donors (Lipinski definition) is 4. The minimum absolute atomic E-state index is 0.198. The molecule has 2 rings (SSSR count). The molecule has 1 aliphatic carbocycles. The molecule has 0 radical (unpaired) electrons. The lowest BCUT2D eigenvalue weighted by Crippen LogP contribution is -2.44. The predicted molar refractivity (Wildman–Crippen MR) is 50.9 cm³/mol. The Hall–Kier alpha value is -2.12. The summed E-state index contributed by atoms with van der Waals surface area (Å²) >= 11 is 0. The molecule has 1 spiro atoms. The Morgan fingerprint density at radius 2 is 1.59 bits per heavy atom. The maximum absolute atomic E-state index is 11.6. The quantitative estimate of drug-likeness (QED) is 0.447. The molecule has 1 saturated carbocycles. The Bertz CT molecular complexity index is 409. The van der Waals surface area contributed by atoms with Crippen molar-refractivity contribution in [3.8, 4) is 0 Å². The van der Waals surface area contributed by atoms with Crippen LogP contribution in [0.4, 0.5) is 4.79 Å². The molecule has 0 aromatic carbocycles. The first kappa shape index (κ1) is 11.4. The number of urea groups is 1. The van der Waals surface area contributed by atoms with Crippen molar-refractivity contribution in [1.82, 2.24) is 10.6 Å². The SMILES string of the molecule is O=C1NC(=O)C2(C[C@@H](C(=O)O)[C@H](C(=O)O)C2)N1. The highest BCUT2D eigenvalue weighted by molar-refractivity contribution is 6.08. The lowest BCUT2D eigenvalue weighted by Gasteiger charge is -2.18. The van der Waals surface area contributed by atoms with Gasteiger partial charge in [0.25, 0.3) is 5.91 Å². The fraction of sp³-hybridized carbons (Fsp3) is 0.556. The summed E-state index contributed by atoms with van der Waals surface area (Å²) < 4.78 is 0. The van der Waals surface area contributed by atoms with Crippen LogP contribution in [0.2, 0.25) is 0 Å². The molecule has 0 aromatic rings. The maximum Gasteiger partial charge on any atom is 0.322 e. The van der Waals surface area contributed by atoms with Gasteiger partial charge >= 0.3 is 18.0 Å². The van der Waals surface area contributed by atoms with Gasteiger partial charge in [-0.2, -0.15) is 0 Å². The van der Waals surface area contributed by atoms with Gasteiger partial charge in [-0.15, -0.1) is 0 Å². The molecule has 0 unspecified atom stereocenters. The topological polar surface area (TPSA) is 133 Å². The van der Waals surface area contributed by atoms with Gasteiger partial charge in [-0.3, -0.25) is 19.7 Å². The molecule has 2 aliphatic rings. The molecule has 17 heavy (non-hydrogen) atoms. The van der Waals surface area contributed by atoms with Crippen LogP contribution in [0.5, 0.6) is 0 Å². The molecule has 92 valence electrons. The van der Waals surface area contributed by atoms with Crippen molar-refractivity contribution in [2.24, 2.45) is 11.8 Å². The summed E-state index contributed by atoms with van der Waals surface area (Å²) in [5.41, 5.74) is -1.39. The summed E-state index contributed by atoms with van der Waals surface area (Å²) in [7, 11) is 0. The third-order valence-corrected chi connectivity index (χ3v) is 3.27. The molecule has 8 nitrogen and oxygen atoms in total. The number of aliphatic carboxylic acids is 2. The van der Waals surface area contributed by atoms with E-state index in [4.69, 9.17) is 10.2 Å². The standard InChI is InChI=1S/C9H10N2O6/c12-5(13)3-1-9(2-4(3)6(14)15)7(16)10-8(17)11-9/h3-4H,1-2H2,(H,12,13)(H,14,15)(H2,10,11,16,17)/t3-,4-/m1/s1. The van der Waals surface area contributed by atoms with E-state index in [1.54, 1.807) is 0 Å². The van der Waals surface area contributed by atoms with Gasteiger partial charge in [-0.05, 0) is 12.8 Å². The van der Waals surface area contributed by atoms with Gasteiger partial charge in [0.2, 0.25) is 0 Å². The van der Waals surface area contributed by atoms with Gasteiger partial charge in [0.05, 0.1) is 11.8 Å². The lowest BCUT2D eigenvalue weighted by atomic mass is 9.96. The molecule has 4 N–H and O–H groups in total. The van der Waals surface area contributed by atoms with Gasteiger partial charge in [-0.1, -0.05) is 0 Å². The number of hydrogen-bond acceptors (Lipinski definition) is 4. The molecule has 3 amide bonds. The van der Waals surface area contributed by atoms with Crippen molar-refractivity contribution in [2.45, 2.75) is 18.4 Å². The Kier molecular flexibility index (Phi) is 2.30. The van der Waals surface area contributed by atoms with E-state index in [0.717, 1.165) is 0 Å². The van der Waals surface area contributed by atoms with E-state index >= 15 is 0 Å². The van der Waals surface area contributed by atoms with Crippen LogP contribution in [-0.2, 0) is 14.4 Å². The second kappa shape index (κ2) is 3.44. The second-order valence-corrected chi connectivity index (χ2v) is 4.29. The van der Waals surface area contributed by atoms with Crippen LogP contribution in [0.3, 0.4) is 0 Å². The Labute approximate surface area is 95.0 Å². The van der Waals surface area contributed by atoms with Crippen LogP contribution < -0.4 is 10.6 Å². The van der Waals surface area contributed by atoms with E-state index in [-0.39, 0.29) is 12.8 Å². The van der Waals surface area contributed by atoms with Crippen LogP contribution in [0.1, 0.15) is 12.8 Å². The Morgan fingerprint density at radius 3 is 1.88 bits per heavy atom. The highest BCUT2D eigenvalue weighted by Crippen LogP contribution is 2.41. The van der Waals surface area contributed by atoms with Crippen molar-refractivity contribution in [3.63, 3.8) is 0 Å². The molecule has 1 saturated heterocycles. The van der Waals surface area contributed by atoms with Crippen LogP contribution >= 0.6 is 0 Å². The van der Waals surface area contributed by atoms with Gasteiger partial charge in [0.15, 0.2) is 0 Å². The minimum Gasteiger partial charge on any atom is -0.481 e. The zero-order valence-electron chi connectivity index (χ0n) is 8.60. The number of rotatable bonds is 2. The van der Waals surface area contributed by atoms with E-state index in [1.165, 1.54) is 0 Å². The summed E-state index contributed by atoms with van der Waals surface area (Å²) in [6.07, 6.45) is -0.395. The number of amides is 3. The summed E-state index contributed by atoms with van der Waals surface area (Å²) in [5.74, 6) is -5.54. The minimum atomic E-state index is -1.39. The van der Waals surface area contributed by atoms with Gasteiger partial charge in [0.1, 0.15) is 5.54 Å². The first-order chi connectivity index (χ1) is 7.85. The highest BCUT2D eigenvalue weighted by atomic mass is 16.4. The molecular formula is C9H10N2O6. The molecule has 2 atom stereocenters. The molecule has 1 aliphatic heterocycles. The molecule has 1 heterocycles. The van der Waals surface area contributed by atoms with E-state index in [9.17, 15) is 19.2 Å². The third-order valence-electron chi connectivity index (χ3n) is 3.27. The molecule has 2 fully saturated rings. The highest BCUT2D eigenvalue weighted by Gasteiger charge is 2.58. The second-order valence-electron chi connectivity index (χ2n) is 4.29. The van der Waals surface area contributed by atoms with Gasteiger partial charge in [0, 0.05) is 0 Å².